The summed E-state index contributed by atoms with van der Waals surface area (Å²) in [5.41, 5.74) is 7.39. The van der Waals surface area contributed by atoms with Crippen LogP contribution in [-0.2, 0) is 0 Å². The molecule has 1 aromatic heterocycles. The van der Waals surface area contributed by atoms with E-state index in [2.05, 4.69) is 10.3 Å². The maximum Gasteiger partial charge on any atom is 0.257 e. The third-order valence-corrected chi connectivity index (χ3v) is 4.89. The molecule has 1 aliphatic rings. The van der Waals surface area contributed by atoms with Crippen LogP contribution >= 0.6 is 0 Å². The molecule has 6 nitrogen and oxygen atoms in total. The Balaban J connectivity index is 1.83. The van der Waals surface area contributed by atoms with E-state index >= 15 is 0 Å². The van der Waals surface area contributed by atoms with E-state index in [1.54, 1.807) is 19.4 Å². The van der Waals surface area contributed by atoms with Crippen molar-refractivity contribution in [3.63, 3.8) is 0 Å². The van der Waals surface area contributed by atoms with Crippen LogP contribution in [0, 0.1) is 5.92 Å². The van der Waals surface area contributed by atoms with Gasteiger partial charge in [0.15, 0.2) is 0 Å². The van der Waals surface area contributed by atoms with Gasteiger partial charge in [-0.3, -0.25) is 4.79 Å². The summed E-state index contributed by atoms with van der Waals surface area (Å²) < 4.78 is 5.38. The van der Waals surface area contributed by atoms with Crippen molar-refractivity contribution in [2.45, 2.75) is 25.8 Å². The minimum Gasteiger partial charge on any atom is -0.495 e. The highest BCUT2D eigenvalue weighted by Crippen LogP contribution is 2.29. The Labute approximate surface area is 154 Å². The number of carbonyl (C=O) groups is 1. The van der Waals surface area contributed by atoms with Crippen LogP contribution in [0.1, 0.15) is 30.1 Å². The van der Waals surface area contributed by atoms with Gasteiger partial charge in [-0.05, 0) is 49.9 Å². The Morgan fingerprint density at radius 2 is 2.15 bits per heavy atom. The van der Waals surface area contributed by atoms with Crippen molar-refractivity contribution in [2.24, 2.45) is 11.7 Å². The first-order chi connectivity index (χ1) is 12.6. The van der Waals surface area contributed by atoms with Crippen molar-refractivity contribution >= 4 is 17.4 Å². The lowest BCUT2D eigenvalue weighted by Crippen LogP contribution is -2.45. The summed E-state index contributed by atoms with van der Waals surface area (Å²) in [5.74, 6) is 1.56. The van der Waals surface area contributed by atoms with Gasteiger partial charge in [0, 0.05) is 25.3 Å². The predicted octanol–water partition coefficient (Wildman–Crippen LogP) is 3.03. The molecule has 2 aromatic rings. The van der Waals surface area contributed by atoms with Crippen molar-refractivity contribution in [3.05, 3.63) is 48.2 Å². The molecule has 2 unspecified atom stereocenters. The summed E-state index contributed by atoms with van der Waals surface area (Å²) in [6.07, 6.45) is 3.73. The summed E-state index contributed by atoms with van der Waals surface area (Å²) in [6, 6.07) is 11.3. The SMILES string of the molecule is COc1ccccc1Nc1ncccc1C(=O)N1CCCC(C(C)N)C1. The monoisotopic (exact) mass is 354 g/mol. The highest BCUT2D eigenvalue weighted by Gasteiger charge is 2.28. The van der Waals surface area contributed by atoms with Gasteiger partial charge in [0.05, 0.1) is 18.4 Å². The zero-order valence-electron chi connectivity index (χ0n) is 15.3. The second-order valence-electron chi connectivity index (χ2n) is 6.74. The lowest BCUT2D eigenvalue weighted by atomic mass is 9.92. The van der Waals surface area contributed by atoms with Gasteiger partial charge in [0.25, 0.3) is 5.91 Å². The molecule has 0 radical (unpaired) electrons. The molecule has 0 bridgehead atoms. The molecule has 0 saturated carbocycles. The van der Waals surface area contributed by atoms with Crippen molar-refractivity contribution in [1.29, 1.82) is 0 Å². The number of anilines is 2. The van der Waals surface area contributed by atoms with Gasteiger partial charge >= 0.3 is 0 Å². The zero-order chi connectivity index (χ0) is 18.5. The fourth-order valence-corrected chi connectivity index (χ4v) is 3.35. The summed E-state index contributed by atoms with van der Waals surface area (Å²) >= 11 is 0. The third kappa shape index (κ3) is 3.96. The number of pyridine rings is 1. The van der Waals surface area contributed by atoms with Crippen molar-refractivity contribution in [3.8, 4) is 5.75 Å². The van der Waals surface area contributed by atoms with Crippen LogP contribution in [0.5, 0.6) is 5.75 Å². The van der Waals surface area contributed by atoms with E-state index < -0.39 is 0 Å². The molecular formula is C20H26N4O2. The maximum absolute atomic E-state index is 13.1. The number of rotatable bonds is 5. The molecule has 0 aliphatic carbocycles. The summed E-state index contributed by atoms with van der Waals surface area (Å²) in [6.45, 7) is 3.46. The molecule has 26 heavy (non-hydrogen) atoms. The van der Waals surface area contributed by atoms with Crippen LogP contribution in [0.15, 0.2) is 42.6 Å². The number of nitrogens with zero attached hydrogens (tertiary/aromatic N) is 2. The average Bonchev–Trinajstić information content (AvgIpc) is 2.68. The number of carbonyl (C=O) groups excluding carboxylic acids is 1. The number of amides is 1. The second kappa shape index (κ2) is 8.19. The highest BCUT2D eigenvalue weighted by atomic mass is 16.5. The van der Waals surface area contributed by atoms with Gasteiger partial charge in [-0.15, -0.1) is 0 Å². The number of piperidine rings is 1. The summed E-state index contributed by atoms with van der Waals surface area (Å²) in [5, 5.41) is 3.24. The fourth-order valence-electron chi connectivity index (χ4n) is 3.35. The Morgan fingerprint density at radius 3 is 2.92 bits per heavy atom. The van der Waals surface area contributed by atoms with E-state index in [1.807, 2.05) is 42.2 Å². The number of likely N-dealkylation sites (tertiary alicyclic amines) is 1. The minimum absolute atomic E-state index is 0.0131. The Morgan fingerprint density at radius 1 is 1.35 bits per heavy atom. The Hall–Kier alpha value is -2.60. The van der Waals surface area contributed by atoms with E-state index in [-0.39, 0.29) is 11.9 Å². The standard InChI is InChI=1S/C20H26N4O2/c1-14(21)15-7-6-12-24(13-15)20(25)16-8-5-11-22-19(16)23-17-9-3-4-10-18(17)26-2/h3-5,8-11,14-15H,6-7,12-13,21H2,1-2H3,(H,22,23). The predicted molar refractivity (Wildman–Crippen MR) is 103 cm³/mol. The number of nitrogens with one attached hydrogen (secondary N) is 1. The van der Waals surface area contributed by atoms with Crippen LogP contribution < -0.4 is 15.8 Å². The van der Waals surface area contributed by atoms with Gasteiger partial charge in [-0.1, -0.05) is 12.1 Å². The molecule has 3 N–H and O–H groups in total. The molecule has 2 heterocycles. The number of benzene rings is 1. The van der Waals surface area contributed by atoms with Crippen molar-refractivity contribution < 1.29 is 9.53 Å². The molecule has 138 valence electrons. The quantitative estimate of drug-likeness (QED) is 0.863. The number of aromatic nitrogens is 1. The van der Waals surface area contributed by atoms with E-state index in [1.165, 1.54) is 0 Å². The first kappa shape index (κ1) is 18.2. The molecule has 0 spiro atoms. The van der Waals surface area contributed by atoms with Crippen LogP contribution in [0.2, 0.25) is 0 Å². The summed E-state index contributed by atoms with van der Waals surface area (Å²) in [7, 11) is 1.62. The molecule has 1 saturated heterocycles. The molecule has 1 amide bonds. The zero-order valence-corrected chi connectivity index (χ0v) is 15.3. The van der Waals surface area contributed by atoms with Crippen LogP contribution in [0.3, 0.4) is 0 Å². The molecule has 3 rings (SSSR count). The Bertz CT molecular complexity index is 763. The number of ether oxygens (including phenoxy) is 1. The highest BCUT2D eigenvalue weighted by molar-refractivity contribution is 5.99. The molecule has 1 fully saturated rings. The van der Waals surface area contributed by atoms with E-state index in [9.17, 15) is 4.79 Å². The first-order valence-electron chi connectivity index (χ1n) is 9.00. The topological polar surface area (TPSA) is 80.5 Å². The average molecular weight is 354 g/mol. The Kier molecular flexibility index (Phi) is 5.73. The van der Waals surface area contributed by atoms with Gasteiger partial charge in [0.1, 0.15) is 11.6 Å². The third-order valence-electron chi connectivity index (χ3n) is 4.89. The minimum atomic E-state index is -0.0131. The van der Waals surface area contributed by atoms with Crippen LogP contribution in [0.25, 0.3) is 0 Å². The number of hydrogen-bond acceptors (Lipinski definition) is 5. The molecule has 1 aliphatic heterocycles. The van der Waals surface area contributed by atoms with E-state index in [0.29, 0.717) is 29.6 Å². The number of methoxy groups -OCH3 is 1. The number of nitrogens with two attached hydrogens (primary N) is 1. The van der Waals surface area contributed by atoms with Gasteiger partial charge in [-0.25, -0.2) is 4.98 Å². The maximum atomic E-state index is 13.1. The largest absolute Gasteiger partial charge is 0.495 e. The lowest BCUT2D eigenvalue weighted by Gasteiger charge is -2.34. The van der Waals surface area contributed by atoms with Crippen LogP contribution in [0.4, 0.5) is 11.5 Å². The molecule has 1 aromatic carbocycles. The second-order valence-corrected chi connectivity index (χ2v) is 6.74. The number of hydrogen-bond donors (Lipinski definition) is 2. The van der Waals surface area contributed by atoms with Gasteiger partial charge in [-0.2, -0.15) is 0 Å². The van der Waals surface area contributed by atoms with Crippen molar-refractivity contribution in [1.82, 2.24) is 9.88 Å². The lowest BCUT2D eigenvalue weighted by molar-refractivity contribution is 0.0661. The molecule has 6 heteroatoms. The van der Waals surface area contributed by atoms with Gasteiger partial charge in [0.2, 0.25) is 0 Å². The smallest absolute Gasteiger partial charge is 0.257 e. The van der Waals surface area contributed by atoms with Crippen molar-refractivity contribution in [2.75, 3.05) is 25.5 Å². The number of para-hydroxylation sites is 2. The molecular weight excluding hydrogens is 328 g/mol. The fraction of sp³-hybridized carbons (Fsp3) is 0.400. The normalized spacial score (nSPS) is 18.3. The molecule has 2 atom stereocenters. The van der Waals surface area contributed by atoms with E-state index in [4.69, 9.17) is 10.5 Å². The first-order valence-corrected chi connectivity index (χ1v) is 9.00. The summed E-state index contributed by atoms with van der Waals surface area (Å²) in [4.78, 5) is 19.4. The van der Waals surface area contributed by atoms with Gasteiger partial charge < -0.3 is 20.7 Å². The van der Waals surface area contributed by atoms with Crippen LogP contribution in [-0.4, -0.2) is 42.0 Å². The van der Waals surface area contributed by atoms with E-state index in [0.717, 1.165) is 25.1 Å².